The van der Waals surface area contributed by atoms with Gasteiger partial charge in [-0.15, -0.1) is 0 Å². The highest BCUT2D eigenvalue weighted by Gasteiger charge is 2.33. The van der Waals surface area contributed by atoms with Gasteiger partial charge in [-0.2, -0.15) is 0 Å². The van der Waals surface area contributed by atoms with E-state index in [2.05, 4.69) is 6.92 Å². The summed E-state index contributed by atoms with van der Waals surface area (Å²) in [5.41, 5.74) is 0. The van der Waals surface area contributed by atoms with Crippen molar-refractivity contribution >= 4 is 0 Å². The van der Waals surface area contributed by atoms with Crippen molar-refractivity contribution in [2.45, 2.75) is 64.4 Å². The summed E-state index contributed by atoms with van der Waals surface area (Å²) < 4.78 is 0. The van der Waals surface area contributed by atoms with Gasteiger partial charge in [0.15, 0.2) is 0 Å². The first-order valence-corrected chi connectivity index (χ1v) is 6.45. The Morgan fingerprint density at radius 3 is 2.29 bits per heavy atom. The molecule has 2 unspecified atom stereocenters. The lowest BCUT2D eigenvalue weighted by Crippen LogP contribution is -2.23. The zero-order chi connectivity index (χ0) is 9.97. The molecule has 0 aromatic heterocycles. The maximum atomic E-state index is 10.1. The molecule has 0 radical (unpaired) electrons. The van der Waals surface area contributed by atoms with Crippen molar-refractivity contribution in [2.24, 2.45) is 17.8 Å². The summed E-state index contributed by atoms with van der Waals surface area (Å²) in [4.78, 5) is 0. The average Bonchev–Trinajstić information content (AvgIpc) is 3.01. The van der Waals surface area contributed by atoms with Gasteiger partial charge in [0.1, 0.15) is 0 Å². The molecule has 0 amide bonds. The fourth-order valence-corrected chi connectivity index (χ4v) is 2.92. The van der Waals surface area contributed by atoms with Gasteiger partial charge in [0.2, 0.25) is 0 Å². The van der Waals surface area contributed by atoms with Crippen LogP contribution in [0.3, 0.4) is 0 Å². The van der Waals surface area contributed by atoms with Gasteiger partial charge in [-0.05, 0) is 37.0 Å². The third kappa shape index (κ3) is 2.73. The zero-order valence-corrected chi connectivity index (χ0v) is 9.41. The first-order chi connectivity index (χ1) is 6.77. The molecule has 2 aliphatic carbocycles. The average molecular weight is 196 g/mol. The third-order valence-corrected chi connectivity index (χ3v) is 4.27. The van der Waals surface area contributed by atoms with Crippen molar-refractivity contribution in [3.05, 3.63) is 0 Å². The van der Waals surface area contributed by atoms with Crippen molar-refractivity contribution in [1.82, 2.24) is 0 Å². The predicted molar refractivity (Wildman–Crippen MR) is 59.1 cm³/mol. The summed E-state index contributed by atoms with van der Waals surface area (Å²) in [6.45, 7) is 2.24. The standard InChI is InChI=1S/C13H24O/c1-10(12-7-8-12)13(14)9-11-5-3-2-4-6-11/h10-14H,2-9H2,1H3. The molecule has 0 saturated heterocycles. The molecule has 0 spiro atoms. The molecule has 82 valence electrons. The number of aliphatic hydroxyl groups is 1. The van der Waals surface area contributed by atoms with Gasteiger partial charge < -0.3 is 5.11 Å². The van der Waals surface area contributed by atoms with Crippen LogP contribution in [0.5, 0.6) is 0 Å². The molecule has 0 aromatic rings. The molecular weight excluding hydrogens is 172 g/mol. The Labute approximate surface area is 87.9 Å². The van der Waals surface area contributed by atoms with E-state index in [1.165, 1.54) is 44.9 Å². The monoisotopic (exact) mass is 196 g/mol. The van der Waals surface area contributed by atoms with E-state index in [-0.39, 0.29) is 6.10 Å². The number of rotatable bonds is 4. The van der Waals surface area contributed by atoms with E-state index in [1.807, 2.05) is 0 Å². The molecular formula is C13H24O. The van der Waals surface area contributed by atoms with Gasteiger partial charge in [0, 0.05) is 0 Å². The van der Waals surface area contributed by atoms with Gasteiger partial charge in [-0.25, -0.2) is 0 Å². The highest BCUT2D eigenvalue weighted by Crippen LogP contribution is 2.40. The topological polar surface area (TPSA) is 20.2 Å². The molecule has 2 atom stereocenters. The molecule has 14 heavy (non-hydrogen) atoms. The van der Waals surface area contributed by atoms with E-state index >= 15 is 0 Å². The van der Waals surface area contributed by atoms with E-state index in [4.69, 9.17) is 0 Å². The summed E-state index contributed by atoms with van der Waals surface area (Å²) in [6.07, 6.45) is 10.8. The quantitative estimate of drug-likeness (QED) is 0.731. The van der Waals surface area contributed by atoms with Gasteiger partial charge in [0.05, 0.1) is 6.10 Å². The molecule has 0 heterocycles. The summed E-state index contributed by atoms with van der Waals surface area (Å²) in [6, 6.07) is 0. The van der Waals surface area contributed by atoms with Crippen LogP contribution in [0.25, 0.3) is 0 Å². The fraction of sp³-hybridized carbons (Fsp3) is 1.00. The normalized spacial score (nSPS) is 28.7. The second-order valence-electron chi connectivity index (χ2n) is 5.50. The molecule has 2 rings (SSSR count). The predicted octanol–water partition coefficient (Wildman–Crippen LogP) is 3.36. The number of hydrogen-bond donors (Lipinski definition) is 1. The van der Waals surface area contributed by atoms with E-state index < -0.39 is 0 Å². The smallest absolute Gasteiger partial charge is 0.0571 e. The van der Waals surface area contributed by atoms with E-state index in [0.717, 1.165) is 18.3 Å². The minimum atomic E-state index is -0.00870. The van der Waals surface area contributed by atoms with Crippen LogP contribution >= 0.6 is 0 Å². The highest BCUT2D eigenvalue weighted by molar-refractivity contribution is 4.84. The fourth-order valence-electron chi connectivity index (χ4n) is 2.92. The molecule has 1 N–H and O–H groups in total. The molecule has 2 fully saturated rings. The second-order valence-corrected chi connectivity index (χ2v) is 5.50. The van der Waals surface area contributed by atoms with Crippen LogP contribution in [0.4, 0.5) is 0 Å². The highest BCUT2D eigenvalue weighted by atomic mass is 16.3. The lowest BCUT2D eigenvalue weighted by molar-refractivity contribution is 0.0722. The van der Waals surface area contributed by atoms with Gasteiger partial charge in [-0.1, -0.05) is 39.0 Å². The largest absolute Gasteiger partial charge is 0.393 e. The molecule has 2 saturated carbocycles. The van der Waals surface area contributed by atoms with Crippen LogP contribution in [0.2, 0.25) is 0 Å². The van der Waals surface area contributed by atoms with E-state index in [1.54, 1.807) is 0 Å². The Bertz CT molecular complexity index is 168. The molecule has 0 aromatic carbocycles. The van der Waals surface area contributed by atoms with Crippen molar-refractivity contribution < 1.29 is 5.11 Å². The van der Waals surface area contributed by atoms with Crippen LogP contribution in [0, 0.1) is 17.8 Å². The minimum absolute atomic E-state index is 0.00870. The van der Waals surface area contributed by atoms with Crippen LogP contribution in [-0.4, -0.2) is 11.2 Å². The Kier molecular flexibility index (Phi) is 3.48. The zero-order valence-electron chi connectivity index (χ0n) is 9.41. The Morgan fingerprint density at radius 1 is 1.07 bits per heavy atom. The maximum absolute atomic E-state index is 10.1. The van der Waals surface area contributed by atoms with Crippen LogP contribution in [-0.2, 0) is 0 Å². The Hall–Kier alpha value is -0.0400. The summed E-state index contributed by atoms with van der Waals surface area (Å²) >= 11 is 0. The maximum Gasteiger partial charge on any atom is 0.0571 e. The number of aliphatic hydroxyl groups excluding tert-OH is 1. The second kappa shape index (κ2) is 4.65. The van der Waals surface area contributed by atoms with Crippen molar-refractivity contribution in [3.63, 3.8) is 0 Å². The van der Waals surface area contributed by atoms with Gasteiger partial charge in [-0.3, -0.25) is 0 Å². The van der Waals surface area contributed by atoms with Crippen LogP contribution < -0.4 is 0 Å². The molecule has 2 aliphatic rings. The molecule has 1 heteroatoms. The molecule has 0 bridgehead atoms. The van der Waals surface area contributed by atoms with Crippen LogP contribution in [0.15, 0.2) is 0 Å². The third-order valence-electron chi connectivity index (χ3n) is 4.27. The number of hydrogen-bond acceptors (Lipinski definition) is 1. The van der Waals surface area contributed by atoms with E-state index in [9.17, 15) is 5.11 Å². The van der Waals surface area contributed by atoms with Crippen molar-refractivity contribution in [3.8, 4) is 0 Å². The van der Waals surface area contributed by atoms with Crippen LogP contribution in [0.1, 0.15) is 58.3 Å². The van der Waals surface area contributed by atoms with E-state index in [0.29, 0.717) is 5.92 Å². The minimum Gasteiger partial charge on any atom is -0.393 e. The first-order valence-electron chi connectivity index (χ1n) is 6.45. The summed E-state index contributed by atoms with van der Waals surface area (Å²) in [7, 11) is 0. The summed E-state index contributed by atoms with van der Waals surface area (Å²) in [5, 5.41) is 10.1. The van der Waals surface area contributed by atoms with Gasteiger partial charge in [0.25, 0.3) is 0 Å². The first kappa shape index (κ1) is 10.5. The van der Waals surface area contributed by atoms with Crippen molar-refractivity contribution in [1.29, 1.82) is 0 Å². The Morgan fingerprint density at radius 2 is 1.71 bits per heavy atom. The summed E-state index contributed by atoms with van der Waals surface area (Å²) in [5.74, 6) is 2.26. The lowest BCUT2D eigenvalue weighted by Gasteiger charge is -2.26. The molecule has 1 nitrogen and oxygen atoms in total. The Balaban J connectivity index is 1.71. The van der Waals surface area contributed by atoms with Crippen molar-refractivity contribution in [2.75, 3.05) is 0 Å². The lowest BCUT2D eigenvalue weighted by atomic mass is 9.82. The van der Waals surface area contributed by atoms with Gasteiger partial charge >= 0.3 is 0 Å². The SMILES string of the molecule is CC(C(O)CC1CCCCC1)C1CC1. The molecule has 0 aliphatic heterocycles.